The van der Waals surface area contributed by atoms with E-state index in [1.54, 1.807) is 34.6 Å². The highest BCUT2D eigenvalue weighted by molar-refractivity contribution is 5.75. The van der Waals surface area contributed by atoms with Crippen molar-refractivity contribution in [1.29, 1.82) is 0 Å². The summed E-state index contributed by atoms with van der Waals surface area (Å²) in [6, 6.07) is 0. The molecule has 16 heavy (non-hydrogen) atoms. The molecule has 0 fully saturated rings. The van der Waals surface area contributed by atoms with Gasteiger partial charge in [-0.25, -0.2) is 4.79 Å². The Morgan fingerprint density at radius 1 is 0.938 bits per heavy atom. The molecule has 0 N–H and O–H groups in total. The number of hydrogen-bond donors (Lipinski definition) is 0. The lowest BCUT2D eigenvalue weighted by Gasteiger charge is -2.20. The van der Waals surface area contributed by atoms with Crippen molar-refractivity contribution in [3.8, 4) is 0 Å². The molecule has 0 saturated heterocycles. The van der Waals surface area contributed by atoms with Crippen molar-refractivity contribution < 1.29 is 23.8 Å². The predicted octanol–water partition coefficient (Wildman–Crippen LogP) is 2.48. The maximum Gasteiger partial charge on any atom is 0.511 e. The Labute approximate surface area is 96.1 Å². The second-order valence-corrected chi connectivity index (χ2v) is 4.76. The summed E-state index contributed by atoms with van der Waals surface area (Å²) in [6.45, 7) is 10.0. The van der Waals surface area contributed by atoms with Gasteiger partial charge in [-0.05, 0) is 34.6 Å². The van der Waals surface area contributed by atoms with Crippen LogP contribution in [0, 0.1) is 5.41 Å². The highest BCUT2D eigenvalue weighted by atomic mass is 16.8. The smallest absolute Gasteiger partial charge is 0.431 e. The van der Waals surface area contributed by atoms with Crippen LogP contribution in [0.2, 0.25) is 0 Å². The minimum absolute atomic E-state index is 0.266. The molecule has 0 heterocycles. The third-order valence-corrected chi connectivity index (χ3v) is 1.48. The molecule has 0 saturated carbocycles. The standard InChI is InChI=1S/C11H20O5/c1-7(2)14-10(13)16-8(3)15-9(12)11(4,5)6/h7-8H,1-6H3. The largest absolute Gasteiger partial charge is 0.511 e. The van der Waals surface area contributed by atoms with Crippen LogP contribution in [0.3, 0.4) is 0 Å². The normalized spacial score (nSPS) is 13.2. The molecule has 0 bridgehead atoms. The zero-order valence-corrected chi connectivity index (χ0v) is 10.7. The first-order valence-corrected chi connectivity index (χ1v) is 5.21. The summed E-state index contributed by atoms with van der Waals surface area (Å²) < 4.78 is 14.4. The first-order valence-electron chi connectivity index (χ1n) is 5.21. The Kier molecular flexibility index (Phi) is 5.27. The van der Waals surface area contributed by atoms with Gasteiger partial charge in [-0.1, -0.05) is 0 Å². The molecule has 0 aromatic rings. The Bertz CT molecular complexity index is 252. The fourth-order valence-corrected chi connectivity index (χ4v) is 0.707. The molecule has 0 aromatic carbocycles. The van der Waals surface area contributed by atoms with Crippen molar-refractivity contribution >= 4 is 12.1 Å². The molecular weight excluding hydrogens is 212 g/mol. The van der Waals surface area contributed by atoms with E-state index in [9.17, 15) is 9.59 Å². The van der Waals surface area contributed by atoms with Crippen LogP contribution in [0.15, 0.2) is 0 Å². The van der Waals surface area contributed by atoms with Crippen LogP contribution in [0.25, 0.3) is 0 Å². The molecule has 5 nitrogen and oxygen atoms in total. The average Bonchev–Trinajstić information content (AvgIpc) is 1.98. The Morgan fingerprint density at radius 3 is 1.81 bits per heavy atom. The van der Waals surface area contributed by atoms with Crippen molar-refractivity contribution in [3.05, 3.63) is 0 Å². The van der Waals surface area contributed by atoms with E-state index in [1.807, 2.05) is 0 Å². The third kappa shape index (κ3) is 6.27. The number of carbonyl (C=O) groups is 2. The van der Waals surface area contributed by atoms with Gasteiger partial charge < -0.3 is 14.2 Å². The summed E-state index contributed by atoms with van der Waals surface area (Å²) >= 11 is 0. The van der Waals surface area contributed by atoms with Gasteiger partial charge in [-0.2, -0.15) is 0 Å². The van der Waals surface area contributed by atoms with Gasteiger partial charge in [0.25, 0.3) is 0 Å². The van der Waals surface area contributed by atoms with Crippen LogP contribution in [0.1, 0.15) is 41.5 Å². The van der Waals surface area contributed by atoms with Crippen molar-refractivity contribution in [2.24, 2.45) is 5.41 Å². The lowest BCUT2D eigenvalue weighted by atomic mass is 9.97. The molecule has 0 aliphatic heterocycles. The molecule has 0 amide bonds. The van der Waals surface area contributed by atoms with Crippen LogP contribution < -0.4 is 0 Å². The summed E-state index contributed by atoms with van der Waals surface area (Å²) in [6.07, 6.45) is -2.06. The minimum Gasteiger partial charge on any atom is -0.431 e. The molecule has 1 unspecified atom stereocenters. The van der Waals surface area contributed by atoms with Gasteiger partial charge in [0.2, 0.25) is 6.29 Å². The molecule has 0 aliphatic carbocycles. The lowest BCUT2D eigenvalue weighted by Crippen LogP contribution is -2.30. The van der Waals surface area contributed by atoms with E-state index in [4.69, 9.17) is 14.2 Å². The highest BCUT2D eigenvalue weighted by Gasteiger charge is 2.26. The van der Waals surface area contributed by atoms with Crippen LogP contribution in [-0.2, 0) is 19.0 Å². The maximum absolute atomic E-state index is 11.4. The molecule has 94 valence electrons. The summed E-state index contributed by atoms with van der Waals surface area (Å²) in [4.78, 5) is 22.5. The van der Waals surface area contributed by atoms with Crippen LogP contribution >= 0.6 is 0 Å². The second-order valence-electron chi connectivity index (χ2n) is 4.76. The first-order chi connectivity index (χ1) is 7.12. The molecule has 0 rings (SSSR count). The van der Waals surface area contributed by atoms with Gasteiger partial charge in [-0.15, -0.1) is 0 Å². The lowest BCUT2D eigenvalue weighted by molar-refractivity contribution is -0.177. The zero-order valence-electron chi connectivity index (χ0n) is 10.7. The summed E-state index contributed by atoms with van der Waals surface area (Å²) in [5.41, 5.74) is -0.625. The monoisotopic (exact) mass is 232 g/mol. The Morgan fingerprint density at radius 2 is 1.44 bits per heavy atom. The third-order valence-electron chi connectivity index (χ3n) is 1.48. The van der Waals surface area contributed by atoms with E-state index in [2.05, 4.69) is 0 Å². The SMILES string of the molecule is CC(C)OC(=O)OC(C)OC(=O)C(C)(C)C. The van der Waals surface area contributed by atoms with Gasteiger partial charge in [-0.3, -0.25) is 4.79 Å². The van der Waals surface area contributed by atoms with Gasteiger partial charge >= 0.3 is 12.1 Å². The highest BCUT2D eigenvalue weighted by Crippen LogP contribution is 2.16. The van der Waals surface area contributed by atoms with E-state index in [0.717, 1.165) is 0 Å². The van der Waals surface area contributed by atoms with E-state index in [1.165, 1.54) is 6.92 Å². The van der Waals surface area contributed by atoms with Gasteiger partial charge in [0.1, 0.15) is 0 Å². The van der Waals surface area contributed by atoms with Crippen molar-refractivity contribution in [3.63, 3.8) is 0 Å². The average molecular weight is 232 g/mol. The molecule has 0 aromatic heterocycles. The summed E-state index contributed by atoms with van der Waals surface area (Å²) in [5, 5.41) is 0. The molecule has 0 spiro atoms. The molecule has 0 radical (unpaired) electrons. The number of ether oxygens (including phenoxy) is 3. The van der Waals surface area contributed by atoms with Crippen LogP contribution in [-0.4, -0.2) is 24.5 Å². The zero-order chi connectivity index (χ0) is 12.9. The molecule has 0 aliphatic rings. The Hall–Kier alpha value is -1.26. The number of esters is 1. The number of rotatable bonds is 3. The summed E-state index contributed by atoms with van der Waals surface area (Å²) in [5.74, 6) is -0.433. The van der Waals surface area contributed by atoms with E-state index in [0.29, 0.717) is 0 Å². The second kappa shape index (κ2) is 5.72. The Balaban J connectivity index is 4.05. The van der Waals surface area contributed by atoms with Crippen LogP contribution in [0.4, 0.5) is 4.79 Å². The van der Waals surface area contributed by atoms with Crippen molar-refractivity contribution in [2.45, 2.75) is 53.9 Å². The maximum atomic E-state index is 11.4. The van der Waals surface area contributed by atoms with E-state index in [-0.39, 0.29) is 6.10 Å². The summed E-state index contributed by atoms with van der Waals surface area (Å²) in [7, 11) is 0. The van der Waals surface area contributed by atoms with Crippen molar-refractivity contribution in [2.75, 3.05) is 0 Å². The van der Waals surface area contributed by atoms with Gasteiger partial charge in [0.05, 0.1) is 11.5 Å². The van der Waals surface area contributed by atoms with Gasteiger partial charge in [0, 0.05) is 6.92 Å². The molecule has 5 heteroatoms. The fourth-order valence-electron chi connectivity index (χ4n) is 0.707. The fraction of sp³-hybridized carbons (Fsp3) is 0.818. The number of carbonyl (C=O) groups excluding carboxylic acids is 2. The minimum atomic E-state index is -0.946. The van der Waals surface area contributed by atoms with E-state index < -0.39 is 23.8 Å². The molecule has 1 atom stereocenters. The topological polar surface area (TPSA) is 61.8 Å². The first kappa shape index (κ1) is 14.7. The molecular formula is C11H20O5. The van der Waals surface area contributed by atoms with Crippen LogP contribution in [0.5, 0.6) is 0 Å². The van der Waals surface area contributed by atoms with Crippen molar-refractivity contribution in [1.82, 2.24) is 0 Å². The number of hydrogen-bond acceptors (Lipinski definition) is 5. The predicted molar refractivity (Wildman–Crippen MR) is 57.7 cm³/mol. The van der Waals surface area contributed by atoms with Gasteiger partial charge in [0.15, 0.2) is 0 Å². The quantitative estimate of drug-likeness (QED) is 0.552. The van der Waals surface area contributed by atoms with E-state index >= 15 is 0 Å².